The van der Waals surface area contributed by atoms with Crippen LogP contribution in [-0.2, 0) is 14.3 Å². The molecular weight excluding hydrogens is 364 g/mol. The maximum absolute atomic E-state index is 12.7. The van der Waals surface area contributed by atoms with Crippen LogP contribution in [0.3, 0.4) is 0 Å². The van der Waals surface area contributed by atoms with Crippen molar-refractivity contribution in [3.8, 4) is 5.75 Å². The van der Waals surface area contributed by atoms with E-state index in [4.69, 9.17) is 15.2 Å². The highest BCUT2D eigenvalue weighted by Gasteiger charge is 2.29. The largest absolute Gasteiger partial charge is 0.489 e. The van der Waals surface area contributed by atoms with Crippen LogP contribution in [0.2, 0.25) is 0 Å². The minimum atomic E-state index is -0.555. The molecular formula is C19H26N4O5. The van der Waals surface area contributed by atoms with Crippen molar-refractivity contribution in [1.82, 2.24) is 9.80 Å². The number of likely N-dealkylation sites (N-methyl/N-ethyl adjacent to an activating group) is 2. The van der Waals surface area contributed by atoms with E-state index in [0.717, 1.165) is 5.69 Å². The normalized spacial score (nSPS) is 18.9. The van der Waals surface area contributed by atoms with Crippen molar-refractivity contribution in [2.24, 2.45) is 5.73 Å². The smallest absolute Gasteiger partial charge is 0.254 e. The molecule has 0 radical (unpaired) electrons. The average molecular weight is 390 g/mol. The van der Waals surface area contributed by atoms with Crippen LogP contribution in [-0.4, -0.2) is 87.1 Å². The third-order valence-electron chi connectivity index (χ3n) is 5.09. The van der Waals surface area contributed by atoms with E-state index in [1.165, 1.54) is 4.90 Å². The molecule has 2 heterocycles. The number of carbonyl (C=O) groups excluding carboxylic acids is 3. The molecule has 2 aliphatic rings. The zero-order chi connectivity index (χ0) is 20.3. The number of carbonyl (C=O) groups is 3. The van der Waals surface area contributed by atoms with Gasteiger partial charge in [0, 0.05) is 32.7 Å². The molecule has 0 saturated carbocycles. The number of primary amides is 1. The summed E-state index contributed by atoms with van der Waals surface area (Å²) in [4.78, 5) is 41.1. The van der Waals surface area contributed by atoms with Gasteiger partial charge in [-0.2, -0.15) is 0 Å². The summed E-state index contributed by atoms with van der Waals surface area (Å²) in [5.74, 6) is -0.113. The molecule has 3 rings (SSSR count). The summed E-state index contributed by atoms with van der Waals surface area (Å²) in [6, 6.07) is 5.15. The van der Waals surface area contributed by atoms with Gasteiger partial charge in [0.25, 0.3) is 5.91 Å². The van der Waals surface area contributed by atoms with E-state index in [2.05, 4.69) is 0 Å². The van der Waals surface area contributed by atoms with Crippen LogP contribution >= 0.6 is 0 Å². The number of hydrogen-bond donors (Lipinski definition) is 1. The monoisotopic (exact) mass is 390 g/mol. The van der Waals surface area contributed by atoms with Gasteiger partial charge in [-0.05, 0) is 18.2 Å². The Morgan fingerprint density at radius 1 is 1.25 bits per heavy atom. The van der Waals surface area contributed by atoms with Gasteiger partial charge >= 0.3 is 0 Å². The molecule has 0 aromatic heterocycles. The fourth-order valence-electron chi connectivity index (χ4n) is 3.37. The molecule has 1 atom stereocenters. The molecule has 152 valence electrons. The third kappa shape index (κ3) is 4.36. The molecule has 1 aromatic rings. The number of morpholine rings is 1. The first-order valence-electron chi connectivity index (χ1n) is 9.25. The van der Waals surface area contributed by atoms with Gasteiger partial charge < -0.3 is 29.9 Å². The number of fused-ring (bicyclic) bond motifs is 1. The van der Waals surface area contributed by atoms with Crippen molar-refractivity contribution >= 4 is 23.4 Å². The van der Waals surface area contributed by atoms with Gasteiger partial charge in [0.05, 0.1) is 37.9 Å². The van der Waals surface area contributed by atoms with E-state index in [0.29, 0.717) is 44.2 Å². The summed E-state index contributed by atoms with van der Waals surface area (Å²) >= 11 is 0. The van der Waals surface area contributed by atoms with E-state index in [-0.39, 0.29) is 30.8 Å². The Labute approximate surface area is 163 Å². The van der Waals surface area contributed by atoms with Crippen molar-refractivity contribution in [3.05, 3.63) is 23.8 Å². The molecule has 0 spiro atoms. The number of hydrogen-bond acceptors (Lipinski definition) is 6. The SMILES string of the molecule is CN(CC(N)=O)C(=O)C[C@H]1COc2ccc(C(=O)N3CCOCC3)cc2N1C. The van der Waals surface area contributed by atoms with Gasteiger partial charge in [-0.1, -0.05) is 0 Å². The van der Waals surface area contributed by atoms with E-state index in [1.54, 1.807) is 30.1 Å². The molecule has 1 saturated heterocycles. The second-order valence-electron chi connectivity index (χ2n) is 7.08. The molecule has 9 nitrogen and oxygen atoms in total. The first-order chi connectivity index (χ1) is 13.4. The number of benzene rings is 1. The Balaban J connectivity index is 1.72. The number of nitrogens with zero attached hydrogens (tertiary/aromatic N) is 3. The fourth-order valence-corrected chi connectivity index (χ4v) is 3.37. The first-order valence-corrected chi connectivity index (χ1v) is 9.25. The van der Waals surface area contributed by atoms with Crippen LogP contribution in [0, 0.1) is 0 Å². The molecule has 1 fully saturated rings. The molecule has 9 heteroatoms. The van der Waals surface area contributed by atoms with Gasteiger partial charge in [0.1, 0.15) is 12.4 Å². The fraction of sp³-hybridized carbons (Fsp3) is 0.526. The lowest BCUT2D eigenvalue weighted by atomic mass is 10.1. The van der Waals surface area contributed by atoms with Crippen molar-refractivity contribution < 1.29 is 23.9 Å². The van der Waals surface area contributed by atoms with Crippen LogP contribution < -0.4 is 15.4 Å². The highest BCUT2D eigenvalue weighted by atomic mass is 16.5. The number of amides is 3. The Bertz CT molecular complexity index is 763. The molecule has 2 N–H and O–H groups in total. The highest BCUT2D eigenvalue weighted by molar-refractivity contribution is 5.96. The number of anilines is 1. The summed E-state index contributed by atoms with van der Waals surface area (Å²) in [7, 11) is 3.42. The average Bonchev–Trinajstić information content (AvgIpc) is 2.69. The predicted molar refractivity (Wildman–Crippen MR) is 102 cm³/mol. The minimum Gasteiger partial charge on any atom is -0.489 e. The van der Waals surface area contributed by atoms with Crippen molar-refractivity contribution in [3.63, 3.8) is 0 Å². The van der Waals surface area contributed by atoms with Gasteiger partial charge in [-0.3, -0.25) is 14.4 Å². The first kappa shape index (κ1) is 19.9. The molecule has 0 aliphatic carbocycles. The highest BCUT2D eigenvalue weighted by Crippen LogP contribution is 2.35. The summed E-state index contributed by atoms with van der Waals surface area (Å²) < 4.78 is 11.1. The summed E-state index contributed by atoms with van der Waals surface area (Å²) in [6.07, 6.45) is 0.182. The second kappa shape index (κ2) is 8.47. The molecule has 0 unspecified atom stereocenters. The van der Waals surface area contributed by atoms with Crippen LogP contribution in [0.25, 0.3) is 0 Å². The molecule has 0 bridgehead atoms. The zero-order valence-electron chi connectivity index (χ0n) is 16.2. The zero-order valence-corrected chi connectivity index (χ0v) is 16.2. The number of rotatable bonds is 5. The molecule has 3 amide bonds. The standard InChI is InChI=1S/C19H26N4O5/c1-21(11-17(20)24)18(25)10-14-12-28-16-4-3-13(9-15(16)22(14)2)19(26)23-5-7-27-8-6-23/h3-4,9,14H,5-8,10-12H2,1-2H3,(H2,20,24)/t14-/m0/s1. The van der Waals surface area contributed by atoms with Crippen molar-refractivity contribution in [2.45, 2.75) is 12.5 Å². The third-order valence-corrected chi connectivity index (χ3v) is 5.09. The van der Waals surface area contributed by atoms with Crippen LogP contribution in [0.1, 0.15) is 16.8 Å². The van der Waals surface area contributed by atoms with E-state index < -0.39 is 5.91 Å². The minimum absolute atomic E-state index is 0.0427. The predicted octanol–water partition coefficient (Wildman–Crippen LogP) is -0.310. The maximum Gasteiger partial charge on any atom is 0.254 e. The Hall–Kier alpha value is -2.81. The lowest BCUT2D eigenvalue weighted by Gasteiger charge is -2.36. The number of ether oxygens (including phenoxy) is 2. The Kier molecular flexibility index (Phi) is 6.03. The van der Waals surface area contributed by atoms with Crippen molar-refractivity contribution in [1.29, 1.82) is 0 Å². The van der Waals surface area contributed by atoms with E-state index in [9.17, 15) is 14.4 Å². The molecule has 2 aliphatic heterocycles. The molecule has 28 heavy (non-hydrogen) atoms. The van der Waals surface area contributed by atoms with Gasteiger partial charge in [-0.25, -0.2) is 0 Å². The topological polar surface area (TPSA) is 105 Å². The van der Waals surface area contributed by atoms with Crippen molar-refractivity contribution in [2.75, 3.05) is 58.5 Å². The quantitative estimate of drug-likeness (QED) is 0.739. The van der Waals surface area contributed by atoms with Crippen LogP contribution in [0.15, 0.2) is 18.2 Å². The lowest BCUT2D eigenvalue weighted by Crippen LogP contribution is -2.45. The van der Waals surface area contributed by atoms with E-state index in [1.807, 2.05) is 11.9 Å². The number of nitrogens with two attached hydrogens (primary N) is 1. The second-order valence-corrected chi connectivity index (χ2v) is 7.08. The summed E-state index contributed by atoms with van der Waals surface area (Å²) in [5.41, 5.74) is 6.49. The van der Waals surface area contributed by atoms with Gasteiger partial charge in [0.2, 0.25) is 11.8 Å². The molecule has 1 aromatic carbocycles. The van der Waals surface area contributed by atoms with Crippen LogP contribution in [0.4, 0.5) is 5.69 Å². The van der Waals surface area contributed by atoms with E-state index >= 15 is 0 Å². The summed E-state index contributed by atoms with van der Waals surface area (Å²) in [5, 5.41) is 0. The van der Waals surface area contributed by atoms with Gasteiger partial charge in [-0.15, -0.1) is 0 Å². The maximum atomic E-state index is 12.7. The Morgan fingerprint density at radius 2 is 1.96 bits per heavy atom. The van der Waals surface area contributed by atoms with Crippen LogP contribution in [0.5, 0.6) is 5.75 Å². The van der Waals surface area contributed by atoms with Gasteiger partial charge in [0.15, 0.2) is 0 Å². The Morgan fingerprint density at radius 3 is 2.64 bits per heavy atom. The summed E-state index contributed by atoms with van der Waals surface area (Å²) in [6.45, 7) is 2.46. The lowest BCUT2D eigenvalue weighted by molar-refractivity contribution is -0.134.